The number of hydrogen-bond acceptors (Lipinski definition) is 3. The van der Waals surface area contributed by atoms with Gasteiger partial charge in [0, 0.05) is 38.2 Å². The van der Waals surface area contributed by atoms with Crippen molar-refractivity contribution in [2.24, 2.45) is 0 Å². The highest BCUT2D eigenvalue weighted by Gasteiger charge is 2.22. The van der Waals surface area contributed by atoms with E-state index < -0.39 is 0 Å². The van der Waals surface area contributed by atoms with E-state index in [0.717, 1.165) is 56.8 Å². The van der Waals surface area contributed by atoms with E-state index >= 15 is 0 Å². The minimum Gasteiger partial charge on any atom is -0.378 e. The number of carbonyl (C=O) groups excluding carboxylic acids is 1. The van der Waals surface area contributed by atoms with Gasteiger partial charge in [-0.1, -0.05) is 0 Å². The molecular weight excluding hydrogens is 266 g/mol. The molecule has 0 aromatic carbocycles. The molecule has 0 unspecified atom stereocenters. The number of nitrogens with zero attached hydrogens (tertiary/aromatic N) is 2. The maximum atomic E-state index is 12.1. The summed E-state index contributed by atoms with van der Waals surface area (Å²) in [5.41, 5.74) is 1.06. The first-order valence-electron chi connectivity index (χ1n) is 8.14. The average molecular weight is 291 g/mol. The molecule has 116 valence electrons. The number of rotatable bonds is 4. The Hall–Kier alpha value is -1.36. The van der Waals surface area contributed by atoms with Gasteiger partial charge in [-0.25, -0.2) is 4.98 Å². The third kappa shape index (κ3) is 3.84. The summed E-state index contributed by atoms with van der Waals surface area (Å²) in [7, 11) is 0. The molecule has 1 aromatic heterocycles. The van der Waals surface area contributed by atoms with Crippen LogP contribution in [0.5, 0.6) is 0 Å². The second-order valence-electron chi connectivity index (χ2n) is 6.28. The normalized spacial score (nSPS) is 25.4. The third-order valence-corrected chi connectivity index (χ3v) is 4.45. The fraction of sp³-hybridized carbons (Fsp3) is 0.750. The molecular formula is C16H25N3O2. The fourth-order valence-electron chi connectivity index (χ4n) is 3.33. The molecule has 1 amide bonds. The second-order valence-corrected chi connectivity index (χ2v) is 6.28. The molecule has 1 saturated heterocycles. The van der Waals surface area contributed by atoms with Crippen molar-refractivity contribution in [2.45, 2.75) is 70.6 Å². The molecule has 0 bridgehead atoms. The van der Waals surface area contributed by atoms with E-state index in [4.69, 9.17) is 4.74 Å². The molecule has 21 heavy (non-hydrogen) atoms. The Labute approximate surface area is 126 Å². The number of ether oxygens (including phenoxy) is 1. The van der Waals surface area contributed by atoms with E-state index in [1.165, 1.54) is 6.42 Å². The monoisotopic (exact) mass is 291 g/mol. The molecule has 5 nitrogen and oxygen atoms in total. The van der Waals surface area contributed by atoms with Crippen LogP contribution in [0.25, 0.3) is 0 Å². The molecule has 2 aliphatic heterocycles. The Kier molecular flexibility index (Phi) is 4.58. The van der Waals surface area contributed by atoms with Crippen LogP contribution >= 0.6 is 0 Å². The number of nitrogens with one attached hydrogen (secondary N) is 1. The molecule has 3 rings (SSSR count). The van der Waals surface area contributed by atoms with Gasteiger partial charge in [0.2, 0.25) is 5.91 Å². The van der Waals surface area contributed by atoms with Gasteiger partial charge in [-0.05, 0) is 39.0 Å². The van der Waals surface area contributed by atoms with Crippen molar-refractivity contribution in [1.29, 1.82) is 0 Å². The molecule has 0 aliphatic carbocycles. The first kappa shape index (κ1) is 14.6. The van der Waals surface area contributed by atoms with Crippen LogP contribution in [-0.2, 0) is 22.5 Å². The molecule has 2 atom stereocenters. The van der Waals surface area contributed by atoms with Crippen LogP contribution in [0, 0.1) is 6.92 Å². The number of fused-ring (bicyclic) bond motifs is 1. The number of aryl methyl sites for hydroxylation is 2. The Morgan fingerprint density at radius 1 is 1.48 bits per heavy atom. The lowest BCUT2D eigenvalue weighted by Gasteiger charge is -2.26. The summed E-state index contributed by atoms with van der Waals surface area (Å²) in [4.78, 5) is 16.6. The summed E-state index contributed by atoms with van der Waals surface area (Å²) in [6.07, 6.45) is 9.24. The Morgan fingerprint density at radius 2 is 2.38 bits per heavy atom. The molecule has 0 saturated carbocycles. The molecule has 1 N–H and O–H groups in total. The van der Waals surface area contributed by atoms with Gasteiger partial charge in [0.25, 0.3) is 0 Å². The molecule has 1 fully saturated rings. The SMILES string of the molecule is Cc1cn2c(n1)CC[C@H](NC(=O)CC[C@H]1CCCCO1)C2. The smallest absolute Gasteiger partial charge is 0.220 e. The second kappa shape index (κ2) is 6.60. The Balaban J connectivity index is 1.43. The Morgan fingerprint density at radius 3 is 3.19 bits per heavy atom. The first-order chi connectivity index (χ1) is 10.2. The van der Waals surface area contributed by atoms with E-state index in [-0.39, 0.29) is 11.9 Å². The molecule has 5 heteroatoms. The minimum atomic E-state index is 0.162. The summed E-state index contributed by atoms with van der Waals surface area (Å²) in [6, 6.07) is 0.242. The molecule has 0 radical (unpaired) electrons. The van der Waals surface area contributed by atoms with Gasteiger partial charge in [0.15, 0.2) is 0 Å². The van der Waals surface area contributed by atoms with E-state index in [0.29, 0.717) is 12.5 Å². The van der Waals surface area contributed by atoms with Gasteiger partial charge < -0.3 is 14.6 Å². The zero-order valence-electron chi connectivity index (χ0n) is 12.8. The van der Waals surface area contributed by atoms with Crippen molar-refractivity contribution in [1.82, 2.24) is 14.9 Å². The van der Waals surface area contributed by atoms with E-state index in [2.05, 4.69) is 21.1 Å². The summed E-state index contributed by atoms with van der Waals surface area (Å²) < 4.78 is 7.85. The molecule has 3 heterocycles. The van der Waals surface area contributed by atoms with Crippen LogP contribution in [-0.4, -0.2) is 34.2 Å². The number of aromatic nitrogens is 2. The van der Waals surface area contributed by atoms with Crippen LogP contribution < -0.4 is 5.32 Å². The van der Waals surface area contributed by atoms with Crippen molar-refractivity contribution >= 4 is 5.91 Å². The van der Waals surface area contributed by atoms with Gasteiger partial charge in [0.1, 0.15) is 5.82 Å². The van der Waals surface area contributed by atoms with Crippen LogP contribution in [0.1, 0.15) is 50.0 Å². The van der Waals surface area contributed by atoms with Gasteiger partial charge in [-0.15, -0.1) is 0 Å². The lowest BCUT2D eigenvalue weighted by Crippen LogP contribution is -2.41. The number of imidazole rings is 1. The highest BCUT2D eigenvalue weighted by atomic mass is 16.5. The molecule has 1 aromatic rings. The van der Waals surface area contributed by atoms with E-state index in [1.54, 1.807) is 0 Å². The van der Waals surface area contributed by atoms with Gasteiger partial charge in [-0.3, -0.25) is 4.79 Å². The van der Waals surface area contributed by atoms with Gasteiger partial charge >= 0.3 is 0 Å². The largest absolute Gasteiger partial charge is 0.378 e. The first-order valence-corrected chi connectivity index (χ1v) is 8.14. The predicted molar refractivity (Wildman–Crippen MR) is 80.0 cm³/mol. The third-order valence-electron chi connectivity index (χ3n) is 4.45. The maximum Gasteiger partial charge on any atom is 0.220 e. The summed E-state index contributed by atoms with van der Waals surface area (Å²) >= 11 is 0. The highest BCUT2D eigenvalue weighted by molar-refractivity contribution is 5.76. The number of carbonyl (C=O) groups is 1. The molecule has 0 spiro atoms. The fourth-order valence-corrected chi connectivity index (χ4v) is 3.33. The van der Waals surface area contributed by atoms with Crippen molar-refractivity contribution < 1.29 is 9.53 Å². The van der Waals surface area contributed by atoms with Crippen LogP contribution in [0.2, 0.25) is 0 Å². The summed E-state index contributed by atoms with van der Waals surface area (Å²) in [5.74, 6) is 1.31. The van der Waals surface area contributed by atoms with Crippen LogP contribution in [0.4, 0.5) is 0 Å². The quantitative estimate of drug-likeness (QED) is 0.923. The van der Waals surface area contributed by atoms with Crippen molar-refractivity contribution in [3.8, 4) is 0 Å². The van der Waals surface area contributed by atoms with E-state index in [1.807, 2.05) is 6.92 Å². The van der Waals surface area contributed by atoms with Crippen LogP contribution in [0.15, 0.2) is 6.20 Å². The van der Waals surface area contributed by atoms with Gasteiger partial charge in [-0.2, -0.15) is 0 Å². The Bertz CT molecular complexity index is 492. The molecule has 2 aliphatic rings. The van der Waals surface area contributed by atoms with Crippen LogP contribution in [0.3, 0.4) is 0 Å². The van der Waals surface area contributed by atoms with E-state index in [9.17, 15) is 4.79 Å². The number of amides is 1. The van der Waals surface area contributed by atoms with Crippen molar-refractivity contribution in [3.63, 3.8) is 0 Å². The standard InChI is InChI=1S/C16H25N3O2/c1-12-10-19-11-13(5-7-15(19)17-12)18-16(20)8-6-14-4-2-3-9-21-14/h10,13-14H,2-9,11H2,1H3,(H,18,20)/t13-,14+/m0/s1. The zero-order valence-corrected chi connectivity index (χ0v) is 12.8. The number of hydrogen-bond donors (Lipinski definition) is 1. The van der Waals surface area contributed by atoms with Crippen molar-refractivity contribution in [3.05, 3.63) is 17.7 Å². The topological polar surface area (TPSA) is 56.2 Å². The summed E-state index contributed by atoms with van der Waals surface area (Å²) in [5, 5.41) is 3.17. The minimum absolute atomic E-state index is 0.162. The lowest BCUT2D eigenvalue weighted by molar-refractivity contribution is -0.123. The highest BCUT2D eigenvalue weighted by Crippen LogP contribution is 2.18. The average Bonchev–Trinajstić information content (AvgIpc) is 2.85. The lowest BCUT2D eigenvalue weighted by atomic mass is 10.0. The maximum absolute atomic E-state index is 12.1. The van der Waals surface area contributed by atoms with Crippen molar-refractivity contribution in [2.75, 3.05) is 6.61 Å². The zero-order chi connectivity index (χ0) is 14.7. The summed E-state index contributed by atoms with van der Waals surface area (Å²) in [6.45, 7) is 3.72. The predicted octanol–water partition coefficient (Wildman–Crippen LogP) is 1.97. The van der Waals surface area contributed by atoms with Gasteiger partial charge in [0.05, 0.1) is 11.8 Å².